The van der Waals surface area contributed by atoms with E-state index in [1.807, 2.05) is 30.3 Å². The van der Waals surface area contributed by atoms with Crippen molar-refractivity contribution in [2.45, 2.75) is 44.2 Å². The maximum Gasteiger partial charge on any atom is 0.217 e. The van der Waals surface area contributed by atoms with Crippen molar-refractivity contribution in [3.8, 4) is 11.5 Å². The lowest BCUT2D eigenvalue weighted by atomic mass is 9.96. The van der Waals surface area contributed by atoms with Crippen LogP contribution in [0.5, 0.6) is 11.5 Å². The number of hydrogen-bond donors (Lipinski definition) is 2. The number of carbonyl (C=O) groups excluding carboxylic acids is 1. The summed E-state index contributed by atoms with van der Waals surface area (Å²) in [6.07, 6.45) is -1.90. The van der Waals surface area contributed by atoms with Crippen molar-refractivity contribution in [2.75, 3.05) is 20.3 Å². The first-order valence-electron chi connectivity index (χ1n) is 10.8. The molecule has 1 saturated heterocycles. The highest BCUT2D eigenvalue weighted by molar-refractivity contribution is 5.73. The van der Waals surface area contributed by atoms with Crippen LogP contribution in [0.3, 0.4) is 0 Å². The predicted octanol–water partition coefficient (Wildman–Crippen LogP) is 2.45. The summed E-state index contributed by atoms with van der Waals surface area (Å²) >= 11 is 0. The molecule has 1 fully saturated rings. The van der Waals surface area contributed by atoms with Crippen LogP contribution < -0.4 is 14.8 Å². The van der Waals surface area contributed by atoms with Gasteiger partial charge >= 0.3 is 0 Å². The van der Waals surface area contributed by atoms with Gasteiger partial charge in [-0.25, -0.2) is 0 Å². The van der Waals surface area contributed by atoms with E-state index in [0.717, 1.165) is 5.56 Å². The highest BCUT2D eigenvalue weighted by atomic mass is 16.7. The van der Waals surface area contributed by atoms with Crippen LogP contribution in [0, 0.1) is 0 Å². The summed E-state index contributed by atoms with van der Waals surface area (Å²) in [5, 5.41) is 13.8. The third-order valence-electron chi connectivity index (χ3n) is 5.18. The molecule has 0 bridgehead atoms. The van der Waals surface area contributed by atoms with Crippen molar-refractivity contribution >= 4 is 5.91 Å². The average Bonchev–Trinajstić information content (AvgIpc) is 2.83. The second-order valence-corrected chi connectivity index (χ2v) is 7.63. The van der Waals surface area contributed by atoms with Gasteiger partial charge in [-0.15, -0.1) is 6.58 Å². The molecule has 0 radical (unpaired) electrons. The molecule has 0 aliphatic carbocycles. The monoisotopic (exact) mass is 457 g/mol. The molecule has 3 rings (SSSR count). The van der Waals surface area contributed by atoms with E-state index in [1.54, 1.807) is 37.5 Å². The smallest absolute Gasteiger partial charge is 0.217 e. The molecule has 2 N–H and O–H groups in total. The molecule has 1 heterocycles. The van der Waals surface area contributed by atoms with Gasteiger partial charge in [0.2, 0.25) is 5.91 Å². The van der Waals surface area contributed by atoms with Crippen LogP contribution in [0.4, 0.5) is 0 Å². The molecule has 0 aromatic heterocycles. The Morgan fingerprint density at radius 2 is 1.82 bits per heavy atom. The maximum atomic E-state index is 11.9. The van der Waals surface area contributed by atoms with E-state index in [9.17, 15) is 9.90 Å². The minimum Gasteiger partial charge on any atom is -0.497 e. The molecule has 2 aromatic rings. The SMILES string of the molecule is C=CCO[C@@H]1[C@H](O)[C@@H](COc2ccc(OC)cc2)O[C@@H](OCc2ccccc2)[C@@H]1NC(C)=O. The predicted molar refractivity (Wildman–Crippen MR) is 122 cm³/mol. The molecule has 0 unspecified atom stereocenters. The number of aliphatic hydroxyl groups excluding tert-OH is 1. The van der Waals surface area contributed by atoms with Gasteiger partial charge in [0, 0.05) is 6.92 Å². The molecular weight excluding hydrogens is 426 g/mol. The van der Waals surface area contributed by atoms with Gasteiger partial charge in [0.25, 0.3) is 0 Å². The molecule has 0 spiro atoms. The summed E-state index contributed by atoms with van der Waals surface area (Å²) in [5.41, 5.74) is 0.948. The number of rotatable bonds is 11. The molecule has 178 valence electrons. The second kappa shape index (κ2) is 12.4. The lowest BCUT2D eigenvalue weighted by Crippen LogP contribution is -2.65. The summed E-state index contributed by atoms with van der Waals surface area (Å²) in [4.78, 5) is 11.9. The highest BCUT2D eigenvalue weighted by Gasteiger charge is 2.47. The fourth-order valence-corrected chi connectivity index (χ4v) is 3.57. The zero-order chi connectivity index (χ0) is 23.6. The largest absolute Gasteiger partial charge is 0.497 e. The van der Waals surface area contributed by atoms with Gasteiger partial charge in [-0.3, -0.25) is 4.79 Å². The van der Waals surface area contributed by atoms with E-state index in [4.69, 9.17) is 23.7 Å². The van der Waals surface area contributed by atoms with Crippen LogP contribution in [0.25, 0.3) is 0 Å². The molecule has 1 amide bonds. The van der Waals surface area contributed by atoms with E-state index < -0.39 is 30.6 Å². The Kier molecular flexibility index (Phi) is 9.26. The van der Waals surface area contributed by atoms with Gasteiger partial charge in [0.15, 0.2) is 6.29 Å². The molecule has 5 atom stereocenters. The van der Waals surface area contributed by atoms with E-state index >= 15 is 0 Å². The van der Waals surface area contributed by atoms with E-state index in [1.165, 1.54) is 6.92 Å². The van der Waals surface area contributed by atoms with Gasteiger partial charge in [0.1, 0.15) is 42.5 Å². The Morgan fingerprint density at radius 1 is 1.12 bits per heavy atom. The number of ether oxygens (including phenoxy) is 5. The Hall–Kier alpha value is -2.91. The minimum absolute atomic E-state index is 0.0550. The van der Waals surface area contributed by atoms with Crippen molar-refractivity contribution in [2.24, 2.45) is 0 Å². The number of aliphatic hydroxyl groups is 1. The third-order valence-corrected chi connectivity index (χ3v) is 5.18. The summed E-state index contributed by atoms with van der Waals surface area (Å²) in [6, 6.07) is 16.0. The lowest BCUT2D eigenvalue weighted by Gasteiger charge is -2.44. The van der Waals surface area contributed by atoms with Crippen LogP contribution in [0.15, 0.2) is 67.3 Å². The van der Waals surface area contributed by atoms with E-state index in [0.29, 0.717) is 11.5 Å². The van der Waals surface area contributed by atoms with E-state index in [2.05, 4.69) is 11.9 Å². The van der Waals surface area contributed by atoms with Gasteiger partial charge in [-0.2, -0.15) is 0 Å². The standard InChI is InChI=1S/C25H31NO7/c1-4-14-30-24-22(26-17(2)27)25(32-15-18-8-6-5-7-9-18)33-21(23(24)28)16-31-20-12-10-19(29-3)11-13-20/h4-13,21-25,28H,1,14-16H2,2-3H3,(H,26,27)/t21-,22-,23-,24+,25-/m1/s1. The molecule has 1 aliphatic rings. The summed E-state index contributed by atoms with van der Waals surface area (Å²) in [5.74, 6) is 1.02. The highest BCUT2D eigenvalue weighted by Crippen LogP contribution is 2.27. The molecule has 8 heteroatoms. The van der Waals surface area contributed by atoms with Crippen molar-refractivity contribution in [3.63, 3.8) is 0 Å². The first kappa shape index (κ1) is 24.7. The van der Waals surface area contributed by atoms with Gasteiger partial charge in [-0.05, 0) is 29.8 Å². The molecule has 0 saturated carbocycles. The van der Waals surface area contributed by atoms with Gasteiger partial charge in [0.05, 0.1) is 20.3 Å². The molecule has 2 aromatic carbocycles. The van der Waals surface area contributed by atoms with Crippen molar-refractivity contribution < 1.29 is 33.6 Å². The van der Waals surface area contributed by atoms with Crippen LogP contribution >= 0.6 is 0 Å². The Bertz CT molecular complexity index is 874. The zero-order valence-corrected chi connectivity index (χ0v) is 18.9. The number of benzene rings is 2. The second-order valence-electron chi connectivity index (χ2n) is 7.63. The summed E-state index contributed by atoms with van der Waals surface area (Å²) < 4.78 is 28.9. The molecule has 33 heavy (non-hydrogen) atoms. The topological polar surface area (TPSA) is 95.5 Å². The molecule has 1 aliphatic heterocycles. The number of methoxy groups -OCH3 is 1. The first-order chi connectivity index (χ1) is 16.0. The fourth-order valence-electron chi connectivity index (χ4n) is 3.57. The number of carbonyl (C=O) groups is 1. The van der Waals surface area contributed by atoms with Crippen LogP contribution in [0.2, 0.25) is 0 Å². The van der Waals surface area contributed by atoms with Crippen LogP contribution in [-0.2, 0) is 25.6 Å². The first-order valence-corrected chi connectivity index (χ1v) is 10.8. The van der Waals surface area contributed by atoms with Gasteiger partial charge in [-0.1, -0.05) is 36.4 Å². The van der Waals surface area contributed by atoms with Crippen molar-refractivity contribution in [1.82, 2.24) is 5.32 Å². The van der Waals surface area contributed by atoms with Crippen molar-refractivity contribution in [1.29, 1.82) is 0 Å². The Labute approximate surface area is 194 Å². The molecule has 8 nitrogen and oxygen atoms in total. The maximum absolute atomic E-state index is 11.9. The van der Waals surface area contributed by atoms with Gasteiger partial charge < -0.3 is 34.1 Å². The third kappa shape index (κ3) is 7.03. The number of amides is 1. The van der Waals surface area contributed by atoms with Crippen LogP contribution in [-0.4, -0.2) is 62.0 Å². The van der Waals surface area contributed by atoms with Crippen molar-refractivity contribution in [3.05, 3.63) is 72.8 Å². The average molecular weight is 458 g/mol. The quantitative estimate of drug-likeness (QED) is 0.501. The fraction of sp³-hybridized carbons (Fsp3) is 0.400. The van der Waals surface area contributed by atoms with Crippen LogP contribution in [0.1, 0.15) is 12.5 Å². The zero-order valence-electron chi connectivity index (χ0n) is 18.9. The number of nitrogens with one attached hydrogen (secondary N) is 1. The van der Waals surface area contributed by atoms with E-state index in [-0.39, 0.29) is 25.7 Å². The summed E-state index contributed by atoms with van der Waals surface area (Å²) in [6.45, 7) is 5.57. The Balaban J connectivity index is 1.75. The summed E-state index contributed by atoms with van der Waals surface area (Å²) in [7, 11) is 1.59. The molecular formula is C25H31NO7. The Morgan fingerprint density at radius 3 is 2.45 bits per heavy atom. The minimum atomic E-state index is -1.07. The lowest BCUT2D eigenvalue weighted by molar-refractivity contribution is -0.277. The number of hydrogen-bond acceptors (Lipinski definition) is 7. The normalized spacial score (nSPS) is 24.6.